The minimum atomic E-state index is -0.891. The molecule has 9 heteroatoms. The highest BCUT2D eigenvalue weighted by atomic mass is 19.1. The number of halogens is 1. The molecule has 5 rings (SSSR count). The van der Waals surface area contributed by atoms with Gasteiger partial charge in [0.1, 0.15) is 23.7 Å². The Kier molecular flexibility index (Phi) is 5.11. The topological polar surface area (TPSA) is 107 Å². The first-order valence-electron chi connectivity index (χ1n) is 11.1. The van der Waals surface area contributed by atoms with Crippen molar-refractivity contribution < 1.29 is 18.8 Å². The molecular formula is C24H24FN5O3. The van der Waals surface area contributed by atoms with E-state index in [9.17, 15) is 18.8 Å². The maximum atomic E-state index is 13.5. The summed E-state index contributed by atoms with van der Waals surface area (Å²) in [6.45, 7) is 1.62. The first-order chi connectivity index (χ1) is 15.9. The lowest BCUT2D eigenvalue weighted by atomic mass is 9.73. The van der Waals surface area contributed by atoms with Gasteiger partial charge < -0.3 is 15.6 Å². The van der Waals surface area contributed by atoms with Crippen LogP contribution in [0, 0.1) is 11.7 Å². The van der Waals surface area contributed by atoms with Crippen LogP contribution in [-0.4, -0.2) is 44.8 Å². The van der Waals surface area contributed by atoms with Gasteiger partial charge in [-0.15, -0.1) is 0 Å². The van der Waals surface area contributed by atoms with Crippen molar-refractivity contribution in [2.45, 2.75) is 38.1 Å². The monoisotopic (exact) mass is 449 g/mol. The molecule has 0 bridgehead atoms. The van der Waals surface area contributed by atoms with E-state index in [1.807, 2.05) is 6.92 Å². The van der Waals surface area contributed by atoms with Crippen molar-refractivity contribution in [3.63, 3.8) is 0 Å². The van der Waals surface area contributed by atoms with Crippen LogP contribution in [0.4, 0.5) is 14.9 Å². The summed E-state index contributed by atoms with van der Waals surface area (Å²) in [4.78, 5) is 46.8. The van der Waals surface area contributed by atoms with Crippen LogP contribution in [0.5, 0.6) is 0 Å². The Bertz CT molecular complexity index is 1270. The average molecular weight is 449 g/mol. The highest BCUT2D eigenvalue weighted by molar-refractivity contribution is 6.10. The Morgan fingerprint density at radius 1 is 1.24 bits per heavy atom. The predicted octanol–water partition coefficient (Wildman–Crippen LogP) is 3.81. The number of carbonyl (C=O) groups is 3. The average Bonchev–Trinajstić information content (AvgIpc) is 3.31. The molecule has 4 amide bonds. The van der Waals surface area contributed by atoms with Crippen LogP contribution in [0.1, 0.15) is 32.6 Å². The first-order valence-corrected chi connectivity index (χ1v) is 11.1. The van der Waals surface area contributed by atoms with Crippen LogP contribution in [0.3, 0.4) is 0 Å². The third kappa shape index (κ3) is 3.73. The maximum Gasteiger partial charge on any atom is 0.325 e. The fraction of sp³-hybridized carbons (Fsp3) is 0.333. The molecular weight excluding hydrogens is 425 g/mol. The second-order valence-corrected chi connectivity index (χ2v) is 8.82. The van der Waals surface area contributed by atoms with Crippen LogP contribution in [0.15, 0.2) is 42.5 Å². The van der Waals surface area contributed by atoms with E-state index in [-0.39, 0.29) is 24.2 Å². The molecule has 2 heterocycles. The molecule has 0 radical (unpaired) electrons. The molecule has 2 aliphatic rings. The molecule has 1 saturated heterocycles. The number of benzene rings is 2. The number of imide groups is 1. The molecule has 170 valence electrons. The molecule has 2 aromatic carbocycles. The quantitative estimate of drug-likeness (QED) is 0.527. The number of nitrogens with zero attached hydrogens (tertiary/aromatic N) is 2. The lowest BCUT2D eigenvalue weighted by Crippen LogP contribution is -2.54. The molecule has 2 atom stereocenters. The van der Waals surface area contributed by atoms with Crippen LogP contribution >= 0.6 is 0 Å². The van der Waals surface area contributed by atoms with E-state index in [0.29, 0.717) is 34.5 Å². The molecule has 2 fully saturated rings. The molecule has 1 saturated carbocycles. The number of H-pyrrole nitrogens is 1. The first kappa shape index (κ1) is 21.1. The van der Waals surface area contributed by atoms with Gasteiger partial charge in [0.2, 0.25) is 5.91 Å². The highest BCUT2D eigenvalue weighted by Gasteiger charge is 2.55. The fourth-order valence-corrected chi connectivity index (χ4v) is 4.84. The van der Waals surface area contributed by atoms with Gasteiger partial charge in [-0.3, -0.25) is 14.5 Å². The number of rotatable bonds is 4. The number of fused-ring (bicyclic) bond motifs is 1. The molecule has 3 aromatic rings. The zero-order chi connectivity index (χ0) is 23.2. The van der Waals surface area contributed by atoms with Gasteiger partial charge in [0, 0.05) is 11.3 Å². The second-order valence-electron chi connectivity index (χ2n) is 8.82. The van der Waals surface area contributed by atoms with E-state index in [1.54, 1.807) is 30.3 Å². The van der Waals surface area contributed by atoms with Gasteiger partial charge in [-0.2, -0.15) is 0 Å². The standard InChI is InChI=1S/C24H24FN5O3/c1-14-5-2-3-10-24(14)22(32)30(23(33)29-24)13-20(31)26-17-8-9-18-19(12-17)28-21(27-18)15-6-4-7-16(25)11-15/h4,6-9,11-12,14H,2-3,5,10,13H2,1H3,(H,26,31)(H,27,28)(H,29,33)/t14-,24-/m1/s1. The summed E-state index contributed by atoms with van der Waals surface area (Å²) in [5, 5.41) is 5.59. The zero-order valence-corrected chi connectivity index (χ0v) is 18.2. The van der Waals surface area contributed by atoms with Crippen molar-refractivity contribution in [2.24, 2.45) is 5.92 Å². The second kappa shape index (κ2) is 7.99. The number of aromatic amines is 1. The van der Waals surface area contributed by atoms with Crippen molar-refractivity contribution in [1.82, 2.24) is 20.2 Å². The summed E-state index contributed by atoms with van der Waals surface area (Å²) in [6, 6.07) is 10.7. The van der Waals surface area contributed by atoms with E-state index in [4.69, 9.17) is 0 Å². The highest BCUT2D eigenvalue weighted by Crippen LogP contribution is 2.38. The van der Waals surface area contributed by atoms with Crippen LogP contribution in [0.2, 0.25) is 0 Å². The van der Waals surface area contributed by atoms with Crippen molar-refractivity contribution in [3.05, 3.63) is 48.3 Å². The Labute approximate surface area is 189 Å². The summed E-state index contributed by atoms with van der Waals surface area (Å²) in [6.07, 6.45) is 3.37. The molecule has 1 spiro atoms. The summed E-state index contributed by atoms with van der Waals surface area (Å²) in [5.74, 6) is -0.599. The number of urea groups is 1. The van der Waals surface area contributed by atoms with Gasteiger partial charge in [-0.05, 0) is 49.1 Å². The Morgan fingerprint density at radius 2 is 2.09 bits per heavy atom. The molecule has 3 N–H and O–H groups in total. The van der Waals surface area contributed by atoms with Crippen molar-refractivity contribution in [2.75, 3.05) is 11.9 Å². The van der Waals surface area contributed by atoms with Gasteiger partial charge in [-0.25, -0.2) is 14.2 Å². The summed E-state index contributed by atoms with van der Waals surface area (Å²) < 4.78 is 13.5. The normalized spacial score (nSPS) is 22.7. The molecule has 1 aliphatic heterocycles. The van der Waals surface area contributed by atoms with Gasteiger partial charge in [0.25, 0.3) is 5.91 Å². The third-order valence-electron chi connectivity index (χ3n) is 6.67. The van der Waals surface area contributed by atoms with Gasteiger partial charge in [0.15, 0.2) is 0 Å². The summed E-state index contributed by atoms with van der Waals surface area (Å²) in [5.41, 5.74) is 1.54. The Morgan fingerprint density at radius 3 is 2.88 bits per heavy atom. The van der Waals surface area contributed by atoms with Crippen LogP contribution in [-0.2, 0) is 9.59 Å². The smallest absolute Gasteiger partial charge is 0.325 e. The third-order valence-corrected chi connectivity index (χ3v) is 6.67. The molecule has 0 unspecified atom stereocenters. The van der Waals surface area contributed by atoms with Crippen LogP contribution < -0.4 is 10.6 Å². The fourth-order valence-electron chi connectivity index (χ4n) is 4.84. The van der Waals surface area contributed by atoms with Crippen molar-refractivity contribution >= 4 is 34.6 Å². The van der Waals surface area contributed by atoms with Crippen molar-refractivity contribution in [1.29, 1.82) is 0 Å². The van der Waals surface area contributed by atoms with Gasteiger partial charge in [-0.1, -0.05) is 31.9 Å². The van der Waals surface area contributed by atoms with Gasteiger partial charge >= 0.3 is 6.03 Å². The minimum Gasteiger partial charge on any atom is -0.338 e. The number of carbonyl (C=O) groups excluding carboxylic acids is 3. The SMILES string of the molecule is C[C@@H]1CCCC[C@@]12NC(=O)N(CC(=O)Nc1ccc3nc(-c4cccc(F)c4)[nH]c3c1)C2=O. The molecule has 33 heavy (non-hydrogen) atoms. The summed E-state index contributed by atoms with van der Waals surface area (Å²) in [7, 11) is 0. The number of aromatic nitrogens is 2. The number of amides is 4. The molecule has 8 nitrogen and oxygen atoms in total. The number of hydrogen-bond acceptors (Lipinski definition) is 4. The Balaban J connectivity index is 1.30. The molecule has 1 aliphatic carbocycles. The number of nitrogens with one attached hydrogen (secondary N) is 3. The van der Waals surface area contributed by atoms with E-state index < -0.39 is 17.5 Å². The lowest BCUT2D eigenvalue weighted by molar-refractivity contribution is -0.136. The largest absolute Gasteiger partial charge is 0.338 e. The lowest BCUT2D eigenvalue weighted by Gasteiger charge is -2.36. The van der Waals surface area contributed by atoms with Crippen molar-refractivity contribution in [3.8, 4) is 11.4 Å². The van der Waals surface area contributed by atoms with E-state index >= 15 is 0 Å². The number of imidazole rings is 1. The Hall–Kier alpha value is -3.75. The molecule has 1 aromatic heterocycles. The predicted molar refractivity (Wildman–Crippen MR) is 121 cm³/mol. The minimum absolute atomic E-state index is 0.0332. The summed E-state index contributed by atoms with van der Waals surface area (Å²) >= 11 is 0. The van der Waals surface area contributed by atoms with Gasteiger partial charge in [0.05, 0.1) is 11.0 Å². The van der Waals surface area contributed by atoms with Crippen LogP contribution in [0.25, 0.3) is 22.4 Å². The zero-order valence-electron chi connectivity index (χ0n) is 18.2. The van der Waals surface area contributed by atoms with E-state index in [0.717, 1.165) is 24.2 Å². The van der Waals surface area contributed by atoms with E-state index in [1.165, 1.54) is 12.1 Å². The maximum absolute atomic E-state index is 13.5. The number of anilines is 1. The number of hydrogen-bond donors (Lipinski definition) is 3. The van der Waals surface area contributed by atoms with E-state index in [2.05, 4.69) is 20.6 Å².